The number of rotatable bonds is 3. The first-order valence-corrected chi connectivity index (χ1v) is 10.00. The summed E-state index contributed by atoms with van der Waals surface area (Å²) in [4.78, 5) is 27.6. The summed E-state index contributed by atoms with van der Waals surface area (Å²) in [5.74, 6) is 0.602. The molecule has 2 atom stereocenters. The first kappa shape index (κ1) is 17.8. The molecule has 0 bridgehead atoms. The lowest BCUT2D eigenvalue weighted by Crippen LogP contribution is -2.49. The number of likely N-dealkylation sites (tertiary alicyclic amines) is 1. The van der Waals surface area contributed by atoms with Crippen molar-refractivity contribution in [2.24, 2.45) is 5.92 Å². The van der Waals surface area contributed by atoms with Crippen LogP contribution in [0.15, 0.2) is 54.6 Å². The fourth-order valence-corrected chi connectivity index (χ4v) is 4.57. The van der Waals surface area contributed by atoms with Crippen molar-refractivity contribution in [3.8, 4) is 0 Å². The zero-order valence-electron chi connectivity index (χ0n) is 15.6. The number of nitrogens with one attached hydrogen (secondary N) is 1. The molecule has 1 saturated carbocycles. The van der Waals surface area contributed by atoms with Gasteiger partial charge < -0.3 is 10.2 Å². The Hall–Kier alpha value is -2.62. The van der Waals surface area contributed by atoms with E-state index in [1.165, 1.54) is 25.7 Å². The summed E-state index contributed by atoms with van der Waals surface area (Å²) in [7, 11) is 0. The van der Waals surface area contributed by atoms with E-state index >= 15 is 0 Å². The van der Waals surface area contributed by atoms with Crippen LogP contribution in [-0.2, 0) is 0 Å². The van der Waals surface area contributed by atoms with Gasteiger partial charge >= 0.3 is 0 Å². The molecule has 2 aromatic carbocycles. The normalized spacial score (nSPS) is 22.0. The molecule has 0 unspecified atom stereocenters. The Morgan fingerprint density at radius 3 is 2.44 bits per heavy atom. The minimum atomic E-state index is -0.162. The topological polar surface area (TPSA) is 49.4 Å². The van der Waals surface area contributed by atoms with Crippen molar-refractivity contribution in [3.05, 3.63) is 65.7 Å². The van der Waals surface area contributed by atoms with Crippen LogP contribution in [-0.4, -0.2) is 29.3 Å². The molecule has 27 heavy (non-hydrogen) atoms. The molecule has 1 heterocycles. The molecular formula is C23H26N2O2. The molecule has 2 aliphatic rings. The Bertz CT molecular complexity index is 816. The maximum absolute atomic E-state index is 13.2. The van der Waals surface area contributed by atoms with Gasteiger partial charge in [0, 0.05) is 29.4 Å². The van der Waals surface area contributed by atoms with Gasteiger partial charge in [-0.15, -0.1) is 0 Å². The molecular weight excluding hydrogens is 336 g/mol. The van der Waals surface area contributed by atoms with Crippen LogP contribution in [0.2, 0.25) is 0 Å². The van der Waals surface area contributed by atoms with Gasteiger partial charge in [-0.1, -0.05) is 37.1 Å². The maximum atomic E-state index is 13.2. The number of carbonyl (C=O) groups is 2. The quantitative estimate of drug-likeness (QED) is 0.858. The average Bonchev–Trinajstić information content (AvgIpc) is 2.73. The van der Waals surface area contributed by atoms with E-state index in [0.29, 0.717) is 28.8 Å². The summed E-state index contributed by atoms with van der Waals surface area (Å²) in [6.07, 6.45) is 7.24. The van der Waals surface area contributed by atoms with Gasteiger partial charge in [-0.05, 0) is 61.9 Å². The van der Waals surface area contributed by atoms with Crippen molar-refractivity contribution in [2.45, 2.75) is 44.6 Å². The van der Waals surface area contributed by atoms with E-state index in [-0.39, 0.29) is 11.8 Å². The molecule has 2 aromatic rings. The Kier molecular flexibility index (Phi) is 5.23. The van der Waals surface area contributed by atoms with Gasteiger partial charge in [-0.2, -0.15) is 0 Å². The lowest BCUT2D eigenvalue weighted by Gasteiger charge is -2.44. The van der Waals surface area contributed by atoms with Crippen LogP contribution in [0.5, 0.6) is 0 Å². The summed E-state index contributed by atoms with van der Waals surface area (Å²) >= 11 is 0. The van der Waals surface area contributed by atoms with Gasteiger partial charge in [-0.3, -0.25) is 9.59 Å². The predicted molar refractivity (Wildman–Crippen MR) is 107 cm³/mol. The third kappa shape index (κ3) is 3.90. The van der Waals surface area contributed by atoms with E-state index in [1.54, 1.807) is 18.2 Å². The van der Waals surface area contributed by atoms with Crippen LogP contribution in [0.4, 0.5) is 5.69 Å². The number of fused-ring (bicyclic) bond motifs is 1. The van der Waals surface area contributed by atoms with E-state index < -0.39 is 0 Å². The van der Waals surface area contributed by atoms with Crippen molar-refractivity contribution in [3.63, 3.8) is 0 Å². The van der Waals surface area contributed by atoms with Gasteiger partial charge in [0.1, 0.15) is 0 Å². The average molecular weight is 362 g/mol. The summed E-state index contributed by atoms with van der Waals surface area (Å²) < 4.78 is 0. The molecule has 4 rings (SSSR count). The van der Waals surface area contributed by atoms with E-state index in [4.69, 9.17) is 0 Å². The van der Waals surface area contributed by atoms with Crippen LogP contribution in [0.3, 0.4) is 0 Å². The molecule has 2 amide bonds. The van der Waals surface area contributed by atoms with Gasteiger partial charge in [0.05, 0.1) is 0 Å². The van der Waals surface area contributed by atoms with E-state index in [0.717, 1.165) is 19.4 Å². The molecule has 1 aliphatic carbocycles. The minimum absolute atomic E-state index is 0.0995. The van der Waals surface area contributed by atoms with Crippen LogP contribution in [0.25, 0.3) is 0 Å². The number of nitrogens with zero attached hydrogens (tertiary/aromatic N) is 1. The Morgan fingerprint density at radius 2 is 1.59 bits per heavy atom. The monoisotopic (exact) mass is 362 g/mol. The lowest BCUT2D eigenvalue weighted by molar-refractivity contribution is 0.0390. The number of piperidine rings is 1. The molecule has 0 spiro atoms. The zero-order valence-corrected chi connectivity index (χ0v) is 15.6. The fourth-order valence-electron chi connectivity index (χ4n) is 4.57. The fraction of sp³-hybridized carbons (Fsp3) is 0.391. The van der Waals surface area contributed by atoms with Crippen LogP contribution >= 0.6 is 0 Å². The summed E-state index contributed by atoms with van der Waals surface area (Å²) in [6, 6.07) is 16.8. The van der Waals surface area contributed by atoms with Crippen molar-refractivity contribution in [1.29, 1.82) is 0 Å². The summed E-state index contributed by atoms with van der Waals surface area (Å²) in [5.41, 5.74) is 1.93. The molecule has 0 radical (unpaired) electrons. The van der Waals surface area contributed by atoms with Crippen molar-refractivity contribution >= 4 is 17.5 Å². The van der Waals surface area contributed by atoms with E-state index in [1.807, 2.05) is 36.4 Å². The second kappa shape index (κ2) is 7.95. The first-order valence-electron chi connectivity index (χ1n) is 10.00. The maximum Gasteiger partial charge on any atom is 0.255 e. The molecule has 1 aliphatic heterocycles. The summed E-state index contributed by atoms with van der Waals surface area (Å²) in [5, 5.41) is 2.90. The van der Waals surface area contributed by atoms with Gasteiger partial charge in [0.15, 0.2) is 0 Å². The van der Waals surface area contributed by atoms with Crippen molar-refractivity contribution < 1.29 is 9.59 Å². The highest BCUT2D eigenvalue weighted by Crippen LogP contribution is 2.36. The van der Waals surface area contributed by atoms with Crippen LogP contribution in [0.1, 0.15) is 59.2 Å². The van der Waals surface area contributed by atoms with Crippen LogP contribution in [0, 0.1) is 5.92 Å². The Morgan fingerprint density at radius 1 is 0.852 bits per heavy atom. The second-order valence-electron chi connectivity index (χ2n) is 7.65. The highest BCUT2D eigenvalue weighted by atomic mass is 16.2. The molecule has 140 valence electrons. The SMILES string of the molecule is O=C(Nc1cccc(C(=O)N2CCC[C@@H]3CCCC[C@H]32)c1)c1ccccc1. The Labute approximate surface area is 160 Å². The Balaban J connectivity index is 1.50. The van der Waals surface area contributed by atoms with Gasteiger partial charge in [-0.25, -0.2) is 0 Å². The molecule has 1 N–H and O–H groups in total. The smallest absolute Gasteiger partial charge is 0.255 e. The van der Waals surface area contributed by atoms with E-state index in [2.05, 4.69) is 10.2 Å². The lowest BCUT2D eigenvalue weighted by atomic mass is 9.78. The minimum Gasteiger partial charge on any atom is -0.335 e. The first-order chi connectivity index (χ1) is 13.2. The second-order valence-corrected chi connectivity index (χ2v) is 7.65. The van der Waals surface area contributed by atoms with Gasteiger partial charge in [0.2, 0.25) is 0 Å². The number of hydrogen-bond donors (Lipinski definition) is 1. The molecule has 2 fully saturated rings. The highest BCUT2D eigenvalue weighted by Gasteiger charge is 2.35. The van der Waals surface area contributed by atoms with Crippen LogP contribution < -0.4 is 5.32 Å². The molecule has 4 nitrogen and oxygen atoms in total. The number of benzene rings is 2. The molecule has 0 aromatic heterocycles. The van der Waals surface area contributed by atoms with Gasteiger partial charge in [0.25, 0.3) is 11.8 Å². The number of amides is 2. The molecule has 4 heteroatoms. The van der Waals surface area contributed by atoms with Crippen molar-refractivity contribution in [1.82, 2.24) is 4.90 Å². The predicted octanol–water partition coefficient (Wildman–Crippen LogP) is 4.73. The van der Waals surface area contributed by atoms with E-state index in [9.17, 15) is 9.59 Å². The zero-order chi connectivity index (χ0) is 18.6. The van der Waals surface area contributed by atoms with Crippen molar-refractivity contribution in [2.75, 3.05) is 11.9 Å². The number of carbonyl (C=O) groups excluding carboxylic acids is 2. The number of hydrogen-bond acceptors (Lipinski definition) is 2. The third-order valence-corrected chi connectivity index (χ3v) is 5.91. The third-order valence-electron chi connectivity index (χ3n) is 5.91. The largest absolute Gasteiger partial charge is 0.335 e. The summed E-state index contributed by atoms with van der Waals surface area (Å²) in [6.45, 7) is 0.848. The standard InChI is InChI=1S/C23H26N2O2/c26-22(18-9-2-1-3-10-18)24-20-13-6-11-19(16-20)23(27)25-15-7-12-17-8-4-5-14-21(17)25/h1-3,6,9-11,13,16-17,21H,4-5,7-8,12,14-15H2,(H,24,26)/t17-,21+/m0/s1. The number of anilines is 1. The highest BCUT2D eigenvalue weighted by molar-refractivity contribution is 6.05. The molecule has 1 saturated heterocycles.